The van der Waals surface area contributed by atoms with Crippen molar-refractivity contribution in [2.24, 2.45) is 0 Å². The molecule has 1 unspecified atom stereocenters. The quantitative estimate of drug-likeness (QED) is 0.0958. The predicted molar refractivity (Wildman–Crippen MR) is 240 cm³/mol. The van der Waals surface area contributed by atoms with Crippen LogP contribution in [0.2, 0.25) is 10.0 Å². The number of fused-ring (bicyclic) bond motifs is 4. The molecule has 326 valence electrons. The second-order valence-electron chi connectivity index (χ2n) is 17.5. The van der Waals surface area contributed by atoms with Crippen LogP contribution in [0.1, 0.15) is 113 Å². The lowest BCUT2D eigenvalue weighted by Gasteiger charge is -2.47. The van der Waals surface area contributed by atoms with Gasteiger partial charge < -0.3 is 26.2 Å². The Morgan fingerprint density at radius 2 is 1.70 bits per heavy atom. The molecule has 5 aliphatic rings. The number of rotatable bonds is 11. The number of hydrogen-bond acceptors (Lipinski definition) is 6. The number of hydrogen-bond donors (Lipinski definition) is 5. The zero-order chi connectivity index (χ0) is 44.0. The van der Waals surface area contributed by atoms with Gasteiger partial charge in [0, 0.05) is 57.8 Å². The number of benzene rings is 4. The molecule has 4 aliphatic heterocycles. The number of halogens is 3. The van der Waals surface area contributed by atoms with Crippen molar-refractivity contribution in [3.63, 3.8) is 0 Å². The number of allylic oxidation sites excluding steroid dienone is 1. The van der Waals surface area contributed by atoms with Crippen LogP contribution in [-0.2, 0) is 32.8 Å². The minimum atomic E-state index is -1.35. The molecule has 0 aromatic heterocycles. The van der Waals surface area contributed by atoms with Crippen LogP contribution in [0.3, 0.4) is 0 Å². The summed E-state index contributed by atoms with van der Waals surface area (Å²) in [6.45, 7) is 4.74. The van der Waals surface area contributed by atoms with Gasteiger partial charge in [-0.2, -0.15) is 0 Å². The summed E-state index contributed by atoms with van der Waals surface area (Å²) < 4.78 is 16.2. The molecule has 4 heterocycles. The Hall–Kier alpha value is -5.56. The molecule has 1 aliphatic carbocycles. The Bertz CT molecular complexity index is 2540. The van der Waals surface area contributed by atoms with Crippen LogP contribution in [0.25, 0.3) is 0 Å². The van der Waals surface area contributed by atoms with Gasteiger partial charge >= 0.3 is 0 Å². The molecule has 5 N–H and O–H groups in total. The monoisotopic (exact) mass is 890 g/mol. The zero-order valence-corrected chi connectivity index (χ0v) is 36.3. The molecule has 1 saturated carbocycles. The van der Waals surface area contributed by atoms with Crippen LogP contribution < -0.4 is 26.6 Å². The van der Waals surface area contributed by atoms with Crippen molar-refractivity contribution in [2.75, 3.05) is 17.2 Å². The molecule has 14 heteroatoms. The summed E-state index contributed by atoms with van der Waals surface area (Å²) in [5.74, 6) is -2.92. The van der Waals surface area contributed by atoms with Gasteiger partial charge in [0.1, 0.15) is 17.3 Å². The van der Waals surface area contributed by atoms with E-state index in [1.165, 1.54) is 6.07 Å². The average molecular weight is 892 g/mol. The van der Waals surface area contributed by atoms with E-state index < -0.39 is 40.7 Å². The van der Waals surface area contributed by atoms with Gasteiger partial charge in [0.25, 0.3) is 11.8 Å². The SMILES string of the molecule is C=C1CCC(N2Cc3cc(CCCCCNC(=O)c4ccc(NC(=O)[C@@H]5NC6(CCCCC6)[C@@]6(C(=O)Nc7cc(Cl)ccc76)[C@H]5c5cccc(Cl)c5F)cc4)ccc3C2=O)C(=O)N1. The standard InChI is InChI=1S/C49H49Cl2FN6O5/c1-28-12-21-39(44(60)54-28)58-27-31-25-29(13-19-34(31)46(58)62)9-4-2-7-24-53-43(59)30-14-17-33(18-15-30)55-45(61)42-40(35-10-8-11-37(51)41(35)52)49(48(57-42)22-5-3-6-23-48)36-20-16-32(50)26-38(36)56-47(49)63/h8,10-11,13-20,25-26,39-40,42,57H,1-7,9,12,21-24,27H2,(H,53,59)(H,54,60)(H,55,61)(H,56,63)/t39?,40-,42+,49+/m0/s1. The van der Waals surface area contributed by atoms with E-state index in [9.17, 15) is 24.0 Å². The molecule has 0 radical (unpaired) electrons. The van der Waals surface area contributed by atoms with E-state index in [1.54, 1.807) is 53.4 Å². The second-order valence-corrected chi connectivity index (χ2v) is 18.4. The van der Waals surface area contributed by atoms with Crippen molar-refractivity contribution < 1.29 is 28.4 Å². The molecule has 0 bridgehead atoms. The van der Waals surface area contributed by atoms with Crippen molar-refractivity contribution in [1.29, 1.82) is 0 Å². The van der Waals surface area contributed by atoms with E-state index in [-0.39, 0.29) is 34.2 Å². The number of amides is 5. The van der Waals surface area contributed by atoms with E-state index in [1.807, 2.05) is 18.2 Å². The highest BCUT2D eigenvalue weighted by Gasteiger charge is 2.72. The fourth-order valence-corrected chi connectivity index (χ4v) is 11.3. The van der Waals surface area contributed by atoms with Crippen LogP contribution in [0.5, 0.6) is 0 Å². The minimum Gasteiger partial charge on any atom is -0.352 e. The first-order chi connectivity index (χ1) is 30.4. The molecule has 4 aromatic carbocycles. The number of carbonyl (C=O) groups is 5. The highest BCUT2D eigenvalue weighted by atomic mass is 35.5. The molecule has 4 atom stereocenters. The number of nitrogens with zero attached hydrogens (tertiary/aromatic N) is 1. The molecule has 2 spiro atoms. The molecular formula is C49H49Cl2FN6O5. The van der Waals surface area contributed by atoms with Gasteiger partial charge in [0.05, 0.1) is 11.1 Å². The van der Waals surface area contributed by atoms with E-state index in [4.69, 9.17) is 23.2 Å². The summed E-state index contributed by atoms with van der Waals surface area (Å²) in [6, 6.07) is 21.0. The Kier molecular flexibility index (Phi) is 11.7. The molecule has 11 nitrogen and oxygen atoms in total. The third-order valence-electron chi connectivity index (χ3n) is 13.8. The van der Waals surface area contributed by atoms with E-state index in [0.29, 0.717) is 77.6 Å². The third kappa shape index (κ3) is 7.59. The van der Waals surface area contributed by atoms with Crippen LogP contribution >= 0.6 is 23.2 Å². The minimum absolute atomic E-state index is 0.0991. The molecular weight excluding hydrogens is 842 g/mol. The van der Waals surface area contributed by atoms with Crippen molar-refractivity contribution in [3.05, 3.63) is 140 Å². The Labute approximate surface area is 375 Å². The smallest absolute Gasteiger partial charge is 0.255 e. The first-order valence-corrected chi connectivity index (χ1v) is 22.6. The number of nitrogens with one attached hydrogen (secondary N) is 5. The maximum Gasteiger partial charge on any atom is 0.255 e. The first kappa shape index (κ1) is 42.7. The van der Waals surface area contributed by atoms with Gasteiger partial charge in [-0.15, -0.1) is 0 Å². The zero-order valence-electron chi connectivity index (χ0n) is 34.8. The predicted octanol–water partition coefficient (Wildman–Crippen LogP) is 8.31. The summed E-state index contributed by atoms with van der Waals surface area (Å²) in [6.07, 6.45) is 8.47. The molecule has 3 fully saturated rings. The largest absolute Gasteiger partial charge is 0.352 e. The topological polar surface area (TPSA) is 149 Å². The number of carbonyl (C=O) groups excluding carboxylic acids is 5. The average Bonchev–Trinajstić information content (AvgIpc) is 3.86. The van der Waals surface area contributed by atoms with Gasteiger partial charge in [-0.3, -0.25) is 29.3 Å². The summed E-state index contributed by atoms with van der Waals surface area (Å²) in [4.78, 5) is 69.5. The van der Waals surface area contributed by atoms with E-state index in [2.05, 4.69) is 39.2 Å². The van der Waals surface area contributed by atoms with E-state index in [0.717, 1.165) is 56.1 Å². The number of anilines is 2. The summed E-state index contributed by atoms with van der Waals surface area (Å²) in [7, 11) is 0. The van der Waals surface area contributed by atoms with Gasteiger partial charge in [-0.05, 0) is 116 Å². The van der Waals surface area contributed by atoms with Crippen molar-refractivity contribution in [2.45, 2.75) is 106 Å². The normalized spacial score (nSPS) is 23.4. The van der Waals surface area contributed by atoms with Crippen molar-refractivity contribution in [3.8, 4) is 0 Å². The van der Waals surface area contributed by atoms with Crippen LogP contribution in [0.15, 0.2) is 91.1 Å². The fourth-order valence-electron chi connectivity index (χ4n) is 10.9. The van der Waals surface area contributed by atoms with Crippen LogP contribution in [0, 0.1) is 5.82 Å². The van der Waals surface area contributed by atoms with Crippen LogP contribution in [-0.4, -0.2) is 58.6 Å². The van der Waals surface area contributed by atoms with Gasteiger partial charge in [-0.1, -0.05) is 85.8 Å². The molecule has 5 amide bonds. The van der Waals surface area contributed by atoms with Crippen molar-refractivity contribution in [1.82, 2.24) is 20.9 Å². The molecule has 2 saturated heterocycles. The Morgan fingerprint density at radius 1 is 0.905 bits per heavy atom. The van der Waals surface area contributed by atoms with Gasteiger partial charge in [-0.25, -0.2) is 4.39 Å². The lowest BCUT2D eigenvalue weighted by Crippen LogP contribution is -2.60. The van der Waals surface area contributed by atoms with Gasteiger partial charge in [0.2, 0.25) is 17.7 Å². The van der Waals surface area contributed by atoms with Crippen LogP contribution in [0.4, 0.5) is 15.8 Å². The molecule has 4 aromatic rings. The fraction of sp³-hybridized carbons (Fsp3) is 0.367. The summed E-state index contributed by atoms with van der Waals surface area (Å²) in [5, 5.41) is 15.8. The Morgan fingerprint density at radius 3 is 2.48 bits per heavy atom. The lowest BCUT2D eigenvalue weighted by atomic mass is 9.55. The summed E-state index contributed by atoms with van der Waals surface area (Å²) >= 11 is 12.8. The maximum atomic E-state index is 16.2. The third-order valence-corrected chi connectivity index (χ3v) is 14.4. The lowest BCUT2D eigenvalue weighted by molar-refractivity contribution is -0.126. The van der Waals surface area contributed by atoms with Crippen molar-refractivity contribution >= 4 is 64.1 Å². The van der Waals surface area contributed by atoms with E-state index >= 15 is 4.39 Å². The summed E-state index contributed by atoms with van der Waals surface area (Å²) in [5.41, 5.74) is 3.47. The Balaban J connectivity index is 0.822. The van der Waals surface area contributed by atoms with Gasteiger partial charge in [0.15, 0.2) is 0 Å². The second kappa shape index (κ2) is 17.2. The number of aryl methyl sites for hydroxylation is 1. The molecule has 9 rings (SSSR count). The highest BCUT2D eigenvalue weighted by Crippen LogP contribution is 2.63. The number of unbranched alkanes of at least 4 members (excludes halogenated alkanes) is 2. The molecule has 63 heavy (non-hydrogen) atoms. The maximum absolute atomic E-state index is 16.2. The highest BCUT2D eigenvalue weighted by molar-refractivity contribution is 6.31. The first-order valence-electron chi connectivity index (χ1n) is 21.8. The number of piperidine rings is 1.